The number of hydrogen-bond donors (Lipinski definition) is 2. The summed E-state index contributed by atoms with van der Waals surface area (Å²) < 4.78 is 5.41. The molecule has 2 saturated heterocycles. The molecule has 0 bridgehead atoms. The Balaban J connectivity index is 1.19. The zero-order chi connectivity index (χ0) is 22.2. The first-order valence-corrected chi connectivity index (χ1v) is 11.5. The lowest BCUT2D eigenvalue weighted by Gasteiger charge is -2.21. The number of anilines is 1. The summed E-state index contributed by atoms with van der Waals surface area (Å²) in [6.07, 6.45) is 8.48. The molecule has 4 rings (SSSR count). The van der Waals surface area contributed by atoms with Crippen molar-refractivity contribution in [2.24, 2.45) is 0 Å². The highest BCUT2D eigenvalue weighted by molar-refractivity contribution is 6.30. The van der Waals surface area contributed by atoms with E-state index in [2.05, 4.69) is 32.8 Å². The average molecular weight is 457 g/mol. The first-order chi connectivity index (χ1) is 15.6. The van der Waals surface area contributed by atoms with Gasteiger partial charge in [0.25, 0.3) is 5.91 Å². The summed E-state index contributed by atoms with van der Waals surface area (Å²) in [7, 11) is 0. The molecule has 1 aromatic carbocycles. The minimum atomic E-state index is -0.356. The van der Waals surface area contributed by atoms with Crippen molar-refractivity contribution in [2.75, 3.05) is 25.0 Å². The molecule has 1 aromatic heterocycles. The quantitative estimate of drug-likeness (QED) is 0.461. The van der Waals surface area contributed by atoms with Crippen LogP contribution in [0.5, 0.6) is 0 Å². The average Bonchev–Trinajstić information content (AvgIpc) is 3.26. The summed E-state index contributed by atoms with van der Waals surface area (Å²) in [5, 5.41) is 4.27. The fraction of sp³-hybridized carbons (Fsp3) is 0.417. The van der Waals surface area contributed by atoms with Gasteiger partial charge in [0.15, 0.2) is 6.29 Å². The van der Waals surface area contributed by atoms with Crippen LogP contribution in [0.25, 0.3) is 6.08 Å². The van der Waals surface area contributed by atoms with Crippen molar-refractivity contribution < 1.29 is 14.4 Å². The summed E-state index contributed by atoms with van der Waals surface area (Å²) in [6, 6.07) is 12.3. The van der Waals surface area contributed by atoms with Gasteiger partial charge in [-0.2, -0.15) is 0 Å². The van der Waals surface area contributed by atoms with Gasteiger partial charge in [0.05, 0.1) is 0 Å². The molecular weight excluding hydrogens is 428 g/mol. The molecule has 2 aliphatic heterocycles. The van der Waals surface area contributed by atoms with E-state index in [9.17, 15) is 4.79 Å². The van der Waals surface area contributed by atoms with E-state index in [1.54, 1.807) is 12.3 Å². The van der Waals surface area contributed by atoms with Gasteiger partial charge in [-0.25, -0.2) is 15.3 Å². The topological polar surface area (TPSA) is 75.7 Å². The van der Waals surface area contributed by atoms with Crippen molar-refractivity contribution in [1.82, 2.24) is 15.4 Å². The minimum Gasteiger partial charge on any atom is -0.366 e. The smallest absolute Gasteiger partial charge is 0.267 e. The van der Waals surface area contributed by atoms with Gasteiger partial charge in [-0.15, -0.1) is 0 Å². The van der Waals surface area contributed by atoms with Crippen LogP contribution < -0.4 is 10.8 Å². The normalized spacial score (nSPS) is 21.7. The molecule has 3 heterocycles. The van der Waals surface area contributed by atoms with Crippen molar-refractivity contribution in [3.8, 4) is 0 Å². The molecule has 1 unspecified atom stereocenters. The van der Waals surface area contributed by atoms with Gasteiger partial charge >= 0.3 is 0 Å². The number of rotatable bonds is 8. The Hall–Kier alpha value is -2.45. The van der Waals surface area contributed by atoms with Gasteiger partial charge in [-0.3, -0.25) is 9.69 Å². The Morgan fingerprint density at radius 3 is 2.84 bits per heavy atom. The largest absolute Gasteiger partial charge is 0.366 e. The predicted octanol–water partition coefficient (Wildman–Crippen LogP) is 4.01. The van der Waals surface area contributed by atoms with E-state index in [0.29, 0.717) is 12.6 Å². The molecule has 0 saturated carbocycles. The van der Waals surface area contributed by atoms with Crippen LogP contribution in [0, 0.1) is 0 Å². The number of ether oxygens (including phenoxy) is 1. The van der Waals surface area contributed by atoms with Gasteiger partial charge in [0, 0.05) is 56.0 Å². The molecule has 2 N–H and O–H groups in total. The third kappa shape index (κ3) is 7.03. The molecule has 2 fully saturated rings. The van der Waals surface area contributed by atoms with Gasteiger partial charge in [0.1, 0.15) is 5.82 Å². The molecule has 7 nitrogen and oxygen atoms in total. The summed E-state index contributed by atoms with van der Waals surface area (Å²) in [4.78, 5) is 24.1. The number of halogens is 1. The van der Waals surface area contributed by atoms with Crippen molar-refractivity contribution in [3.63, 3.8) is 0 Å². The molecule has 32 heavy (non-hydrogen) atoms. The van der Waals surface area contributed by atoms with Crippen LogP contribution in [0.3, 0.4) is 0 Å². The van der Waals surface area contributed by atoms with Gasteiger partial charge in [-0.05, 0) is 60.7 Å². The Morgan fingerprint density at radius 2 is 2.09 bits per heavy atom. The molecule has 170 valence electrons. The van der Waals surface area contributed by atoms with Crippen LogP contribution in [-0.2, 0) is 20.9 Å². The molecule has 8 heteroatoms. The Kier molecular flexibility index (Phi) is 8.12. The maximum absolute atomic E-state index is 11.9. The van der Waals surface area contributed by atoms with Crippen molar-refractivity contribution in [3.05, 3.63) is 64.8 Å². The zero-order valence-electron chi connectivity index (χ0n) is 18.0. The van der Waals surface area contributed by atoms with Crippen LogP contribution in [0.15, 0.2) is 48.7 Å². The first-order valence-electron chi connectivity index (χ1n) is 11.1. The standard InChI is InChI=1S/C24H29ClN4O3/c25-20-8-4-19(5-9-20)16-29-13-12-21(17-29)27-22-10-6-18(15-26-22)7-11-23(30)28-32-24-3-1-2-14-31-24/h4-11,15,21,24H,1-3,12-14,16-17H2,(H,26,27)(H,28,30)/t21-,24?/m1/s1. The van der Waals surface area contributed by atoms with E-state index in [1.807, 2.05) is 24.3 Å². The van der Waals surface area contributed by atoms with E-state index in [-0.39, 0.29) is 12.2 Å². The molecule has 0 aliphatic carbocycles. The number of likely N-dealkylation sites (tertiary alicyclic amines) is 1. The molecule has 1 amide bonds. The third-order valence-electron chi connectivity index (χ3n) is 5.59. The van der Waals surface area contributed by atoms with Crippen molar-refractivity contribution in [1.29, 1.82) is 0 Å². The number of carbonyl (C=O) groups excluding carboxylic acids is 1. The SMILES string of the molecule is O=C(C=Cc1ccc(N[C@@H]2CCN(Cc3ccc(Cl)cc3)C2)nc1)NOC1CCCCO1. The molecular formula is C24H29ClN4O3. The highest BCUT2D eigenvalue weighted by atomic mass is 35.5. The maximum atomic E-state index is 11.9. The van der Waals surface area contributed by atoms with Crippen LogP contribution in [0.1, 0.15) is 36.8 Å². The number of benzene rings is 1. The number of nitrogens with zero attached hydrogens (tertiary/aromatic N) is 2. The highest BCUT2D eigenvalue weighted by Gasteiger charge is 2.22. The summed E-state index contributed by atoms with van der Waals surface area (Å²) in [6.45, 7) is 3.61. The van der Waals surface area contributed by atoms with Crippen LogP contribution in [-0.4, -0.2) is 47.8 Å². The Labute approximate surface area is 193 Å². The number of amides is 1. The number of aromatic nitrogens is 1. The molecule has 0 radical (unpaired) electrons. The van der Waals surface area contributed by atoms with E-state index < -0.39 is 0 Å². The second-order valence-electron chi connectivity index (χ2n) is 8.18. The monoisotopic (exact) mass is 456 g/mol. The maximum Gasteiger partial charge on any atom is 0.267 e. The van der Waals surface area contributed by atoms with Gasteiger partial charge < -0.3 is 10.1 Å². The molecule has 2 aliphatic rings. The zero-order valence-corrected chi connectivity index (χ0v) is 18.8. The number of carbonyl (C=O) groups is 1. The van der Waals surface area contributed by atoms with Crippen LogP contribution in [0.2, 0.25) is 5.02 Å². The molecule has 0 spiro atoms. The molecule has 2 aromatic rings. The first kappa shape index (κ1) is 22.7. The van der Waals surface area contributed by atoms with E-state index in [0.717, 1.165) is 61.7 Å². The van der Waals surface area contributed by atoms with Crippen molar-refractivity contribution >= 4 is 29.4 Å². The lowest BCUT2D eigenvalue weighted by molar-refractivity contribution is -0.198. The Morgan fingerprint density at radius 1 is 1.22 bits per heavy atom. The van der Waals surface area contributed by atoms with Gasteiger partial charge in [-0.1, -0.05) is 23.7 Å². The number of nitrogens with one attached hydrogen (secondary N) is 2. The summed E-state index contributed by atoms with van der Waals surface area (Å²) in [5.74, 6) is 0.510. The second-order valence-corrected chi connectivity index (χ2v) is 8.62. The fourth-order valence-corrected chi connectivity index (χ4v) is 4.00. The van der Waals surface area contributed by atoms with Gasteiger partial charge in [0.2, 0.25) is 0 Å². The van der Waals surface area contributed by atoms with Crippen LogP contribution >= 0.6 is 11.6 Å². The third-order valence-corrected chi connectivity index (χ3v) is 5.84. The Bertz CT molecular complexity index is 898. The summed E-state index contributed by atoms with van der Waals surface area (Å²) >= 11 is 5.97. The van der Waals surface area contributed by atoms with Crippen molar-refractivity contribution in [2.45, 2.75) is 44.6 Å². The van der Waals surface area contributed by atoms with Crippen LogP contribution in [0.4, 0.5) is 5.82 Å². The number of pyridine rings is 1. The summed E-state index contributed by atoms with van der Waals surface area (Å²) in [5.41, 5.74) is 4.52. The van der Waals surface area contributed by atoms with E-state index in [4.69, 9.17) is 21.2 Å². The number of hydroxylamine groups is 1. The molecule has 2 atom stereocenters. The fourth-order valence-electron chi connectivity index (χ4n) is 3.87. The lowest BCUT2D eigenvalue weighted by Crippen LogP contribution is -2.32. The lowest BCUT2D eigenvalue weighted by atomic mass is 10.2. The van der Waals surface area contributed by atoms with E-state index >= 15 is 0 Å². The van der Waals surface area contributed by atoms with E-state index in [1.165, 1.54) is 11.6 Å². The predicted molar refractivity (Wildman–Crippen MR) is 125 cm³/mol. The highest BCUT2D eigenvalue weighted by Crippen LogP contribution is 2.18. The number of hydrogen-bond acceptors (Lipinski definition) is 6. The second kappa shape index (κ2) is 11.4. The minimum absolute atomic E-state index is 0.326.